The standard InChI is InChI=1S/C10H11NS2/c11-8-10(3-1-4-13-10)6-9-2-5-12-7-9/h2,5,7H,1,3-4,6H2. The lowest BCUT2D eigenvalue weighted by Crippen LogP contribution is -2.21. The van der Waals surface area contributed by atoms with E-state index in [0.717, 1.165) is 18.6 Å². The molecule has 3 heteroatoms. The second-order valence-corrected chi connectivity index (χ2v) is 5.62. The fourth-order valence-electron chi connectivity index (χ4n) is 1.69. The zero-order valence-electron chi connectivity index (χ0n) is 7.32. The number of rotatable bonds is 2. The SMILES string of the molecule is N#CC1(Cc2ccsc2)CCCS1. The van der Waals surface area contributed by atoms with Gasteiger partial charge in [0, 0.05) is 6.42 Å². The Morgan fingerprint density at radius 3 is 3.08 bits per heavy atom. The summed E-state index contributed by atoms with van der Waals surface area (Å²) in [5.41, 5.74) is 1.32. The first-order chi connectivity index (χ1) is 6.35. The Labute approximate surface area is 86.8 Å². The Balaban J connectivity index is 2.11. The van der Waals surface area contributed by atoms with E-state index in [1.165, 1.54) is 12.0 Å². The van der Waals surface area contributed by atoms with E-state index in [1.54, 1.807) is 11.3 Å². The lowest BCUT2D eigenvalue weighted by atomic mass is 9.97. The molecule has 0 spiro atoms. The van der Waals surface area contributed by atoms with Crippen LogP contribution in [0, 0.1) is 11.3 Å². The molecule has 0 radical (unpaired) electrons. The van der Waals surface area contributed by atoms with Gasteiger partial charge < -0.3 is 0 Å². The quantitative estimate of drug-likeness (QED) is 0.747. The van der Waals surface area contributed by atoms with Gasteiger partial charge in [-0.25, -0.2) is 0 Å². The van der Waals surface area contributed by atoms with Gasteiger partial charge in [-0.05, 0) is 41.0 Å². The molecule has 1 fully saturated rings. The molecule has 68 valence electrons. The van der Waals surface area contributed by atoms with Crippen LogP contribution in [0.15, 0.2) is 16.8 Å². The molecule has 0 amide bonds. The van der Waals surface area contributed by atoms with E-state index in [-0.39, 0.29) is 4.75 Å². The summed E-state index contributed by atoms with van der Waals surface area (Å²) in [6, 6.07) is 4.61. The second-order valence-electron chi connectivity index (χ2n) is 3.37. The van der Waals surface area contributed by atoms with Gasteiger partial charge in [0.25, 0.3) is 0 Å². The number of nitriles is 1. The summed E-state index contributed by atoms with van der Waals surface area (Å²) < 4.78 is -0.110. The third-order valence-corrected chi connectivity index (χ3v) is 4.59. The van der Waals surface area contributed by atoms with Gasteiger partial charge in [0.1, 0.15) is 4.75 Å². The van der Waals surface area contributed by atoms with Crippen molar-refractivity contribution in [1.82, 2.24) is 0 Å². The summed E-state index contributed by atoms with van der Waals surface area (Å²) in [4.78, 5) is 0. The number of hydrogen-bond donors (Lipinski definition) is 0. The minimum absolute atomic E-state index is 0.110. The highest BCUT2D eigenvalue weighted by Gasteiger charge is 2.34. The highest BCUT2D eigenvalue weighted by Crippen LogP contribution is 2.40. The first-order valence-corrected chi connectivity index (χ1v) is 6.34. The van der Waals surface area contributed by atoms with Crippen LogP contribution in [0.2, 0.25) is 0 Å². The van der Waals surface area contributed by atoms with Crippen molar-refractivity contribution >= 4 is 23.1 Å². The Morgan fingerprint density at radius 1 is 1.62 bits per heavy atom. The average Bonchev–Trinajstić information content (AvgIpc) is 2.77. The van der Waals surface area contributed by atoms with E-state index in [0.29, 0.717) is 0 Å². The lowest BCUT2D eigenvalue weighted by Gasteiger charge is -2.17. The van der Waals surface area contributed by atoms with Crippen molar-refractivity contribution in [2.24, 2.45) is 0 Å². The molecule has 0 N–H and O–H groups in total. The van der Waals surface area contributed by atoms with Crippen molar-refractivity contribution < 1.29 is 0 Å². The van der Waals surface area contributed by atoms with Crippen LogP contribution < -0.4 is 0 Å². The zero-order valence-corrected chi connectivity index (χ0v) is 8.96. The number of nitrogens with zero attached hydrogens (tertiary/aromatic N) is 1. The van der Waals surface area contributed by atoms with Gasteiger partial charge in [-0.1, -0.05) is 0 Å². The summed E-state index contributed by atoms with van der Waals surface area (Å²) in [6.07, 6.45) is 3.18. The molecule has 1 aromatic rings. The first kappa shape index (κ1) is 9.11. The maximum Gasteiger partial charge on any atom is 0.106 e. The van der Waals surface area contributed by atoms with Crippen molar-refractivity contribution in [3.63, 3.8) is 0 Å². The van der Waals surface area contributed by atoms with Crippen LogP contribution in [0.3, 0.4) is 0 Å². The van der Waals surface area contributed by atoms with Crippen LogP contribution in [0.1, 0.15) is 18.4 Å². The van der Waals surface area contributed by atoms with Crippen LogP contribution in [0.25, 0.3) is 0 Å². The van der Waals surface area contributed by atoms with Crippen LogP contribution in [-0.2, 0) is 6.42 Å². The van der Waals surface area contributed by atoms with Crippen LogP contribution in [0.5, 0.6) is 0 Å². The van der Waals surface area contributed by atoms with E-state index in [4.69, 9.17) is 5.26 Å². The van der Waals surface area contributed by atoms with Crippen LogP contribution in [0.4, 0.5) is 0 Å². The number of thiophene rings is 1. The van der Waals surface area contributed by atoms with E-state index >= 15 is 0 Å². The monoisotopic (exact) mass is 209 g/mol. The minimum atomic E-state index is -0.110. The molecule has 2 rings (SSSR count). The maximum absolute atomic E-state index is 9.15. The predicted molar refractivity (Wildman–Crippen MR) is 58.1 cm³/mol. The second kappa shape index (κ2) is 3.73. The van der Waals surface area contributed by atoms with Crippen LogP contribution in [-0.4, -0.2) is 10.5 Å². The molecule has 0 saturated carbocycles. The van der Waals surface area contributed by atoms with Crippen molar-refractivity contribution in [2.45, 2.75) is 24.0 Å². The molecule has 1 saturated heterocycles. The van der Waals surface area contributed by atoms with Gasteiger partial charge in [-0.15, -0.1) is 11.8 Å². The molecule has 1 unspecified atom stereocenters. The molecule has 1 aliphatic heterocycles. The molecule has 2 heterocycles. The van der Waals surface area contributed by atoms with Gasteiger partial charge in [-0.2, -0.15) is 16.6 Å². The maximum atomic E-state index is 9.15. The summed E-state index contributed by atoms with van der Waals surface area (Å²) in [7, 11) is 0. The first-order valence-electron chi connectivity index (χ1n) is 4.41. The van der Waals surface area contributed by atoms with Gasteiger partial charge in [0.2, 0.25) is 0 Å². The molecular weight excluding hydrogens is 198 g/mol. The third-order valence-electron chi connectivity index (χ3n) is 2.38. The van der Waals surface area contributed by atoms with Crippen molar-refractivity contribution in [2.75, 3.05) is 5.75 Å². The van der Waals surface area contributed by atoms with E-state index in [2.05, 4.69) is 22.9 Å². The van der Waals surface area contributed by atoms with E-state index < -0.39 is 0 Å². The highest BCUT2D eigenvalue weighted by atomic mass is 32.2. The Bertz CT molecular complexity index is 304. The molecular formula is C10H11NS2. The van der Waals surface area contributed by atoms with Gasteiger partial charge in [-0.3, -0.25) is 0 Å². The van der Waals surface area contributed by atoms with Crippen molar-refractivity contribution in [3.8, 4) is 6.07 Å². The molecule has 1 aromatic heterocycles. The Morgan fingerprint density at radius 2 is 2.54 bits per heavy atom. The summed E-state index contributed by atoms with van der Waals surface area (Å²) in [5, 5.41) is 13.4. The average molecular weight is 209 g/mol. The smallest absolute Gasteiger partial charge is 0.106 e. The van der Waals surface area contributed by atoms with Crippen molar-refractivity contribution in [1.29, 1.82) is 5.26 Å². The molecule has 0 bridgehead atoms. The zero-order chi connectivity index (χ0) is 9.15. The molecule has 0 aromatic carbocycles. The van der Waals surface area contributed by atoms with Crippen LogP contribution >= 0.6 is 23.1 Å². The van der Waals surface area contributed by atoms with Crippen molar-refractivity contribution in [3.05, 3.63) is 22.4 Å². The fourth-order valence-corrected chi connectivity index (χ4v) is 3.66. The summed E-state index contributed by atoms with van der Waals surface area (Å²) in [5.74, 6) is 1.15. The minimum Gasteiger partial charge on any atom is -0.197 e. The molecule has 1 atom stereocenters. The van der Waals surface area contributed by atoms with E-state index in [1.807, 2.05) is 11.8 Å². The largest absolute Gasteiger partial charge is 0.197 e. The van der Waals surface area contributed by atoms with Gasteiger partial charge in [0.15, 0.2) is 0 Å². The third kappa shape index (κ3) is 1.90. The number of thioether (sulfide) groups is 1. The Hall–Kier alpha value is -0.460. The summed E-state index contributed by atoms with van der Waals surface area (Å²) >= 11 is 3.55. The Kier molecular flexibility index (Phi) is 2.61. The predicted octanol–water partition coefficient (Wildman–Crippen LogP) is 3.08. The fraction of sp³-hybridized carbons (Fsp3) is 0.500. The molecule has 0 aliphatic carbocycles. The molecule has 13 heavy (non-hydrogen) atoms. The molecule has 1 aliphatic rings. The normalized spacial score (nSPS) is 27.3. The lowest BCUT2D eigenvalue weighted by molar-refractivity contribution is 0.673. The van der Waals surface area contributed by atoms with Gasteiger partial charge in [0.05, 0.1) is 6.07 Å². The number of hydrogen-bond acceptors (Lipinski definition) is 3. The summed E-state index contributed by atoms with van der Waals surface area (Å²) in [6.45, 7) is 0. The van der Waals surface area contributed by atoms with Gasteiger partial charge >= 0.3 is 0 Å². The highest BCUT2D eigenvalue weighted by molar-refractivity contribution is 8.01. The van der Waals surface area contributed by atoms with E-state index in [9.17, 15) is 0 Å². The molecule has 1 nitrogen and oxygen atoms in total. The topological polar surface area (TPSA) is 23.8 Å².